The third-order valence-corrected chi connectivity index (χ3v) is 1.39. The van der Waals surface area contributed by atoms with Crippen LogP contribution in [0.5, 0.6) is 0 Å². The molecule has 0 amide bonds. The van der Waals surface area contributed by atoms with Crippen molar-refractivity contribution >= 4 is 23.2 Å². The molecule has 0 aromatic carbocycles. The average molecular weight is 159 g/mol. The van der Waals surface area contributed by atoms with Crippen LogP contribution in [0.1, 0.15) is 0 Å². The van der Waals surface area contributed by atoms with E-state index in [0.29, 0.717) is 0 Å². The van der Waals surface area contributed by atoms with Crippen molar-refractivity contribution in [1.29, 1.82) is 0 Å². The molecule has 0 bridgehead atoms. The van der Waals surface area contributed by atoms with E-state index in [4.69, 9.17) is 33.4 Å². The number of hydrogen-bond donors (Lipinski definition) is 2. The van der Waals surface area contributed by atoms with E-state index >= 15 is 0 Å². The van der Waals surface area contributed by atoms with Gasteiger partial charge in [0.25, 0.3) is 0 Å². The number of halogens is 2. The number of aliphatic hydroxyl groups excluding tert-OH is 2. The molecule has 0 saturated carbocycles. The summed E-state index contributed by atoms with van der Waals surface area (Å²) in [5, 5.41) is 17.3. The second kappa shape index (κ2) is 4.39. The number of rotatable bonds is 3. The lowest BCUT2D eigenvalue weighted by Crippen LogP contribution is -2.28. The SMILES string of the molecule is O[C@H](CCl)[C@@H](O)CCl. The molecule has 2 N–H and O–H groups in total. The standard InChI is InChI=1S/C4H8Cl2O2/c5-1-3(7)4(8)2-6/h3-4,7-8H,1-2H2/t3-,4+. The molecule has 0 aliphatic heterocycles. The Balaban J connectivity index is 3.29. The lowest BCUT2D eigenvalue weighted by Gasteiger charge is -2.10. The van der Waals surface area contributed by atoms with Gasteiger partial charge in [-0.25, -0.2) is 0 Å². The summed E-state index contributed by atoms with van der Waals surface area (Å²) in [7, 11) is 0. The summed E-state index contributed by atoms with van der Waals surface area (Å²) >= 11 is 10.3. The van der Waals surface area contributed by atoms with Crippen molar-refractivity contribution in [2.24, 2.45) is 0 Å². The highest BCUT2D eigenvalue weighted by molar-refractivity contribution is 6.19. The highest BCUT2D eigenvalue weighted by Gasteiger charge is 2.12. The molecule has 0 rings (SSSR count). The van der Waals surface area contributed by atoms with Crippen LogP contribution in [-0.4, -0.2) is 34.2 Å². The van der Waals surface area contributed by atoms with Crippen molar-refractivity contribution in [1.82, 2.24) is 0 Å². The smallest absolute Gasteiger partial charge is 0.0945 e. The third-order valence-electron chi connectivity index (χ3n) is 0.760. The summed E-state index contributed by atoms with van der Waals surface area (Å²) in [4.78, 5) is 0. The van der Waals surface area contributed by atoms with E-state index in [1.165, 1.54) is 0 Å². The van der Waals surface area contributed by atoms with E-state index in [1.54, 1.807) is 0 Å². The van der Waals surface area contributed by atoms with Gasteiger partial charge in [-0.2, -0.15) is 0 Å². The first kappa shape index (κ1) is 8.50. The van der Waals surface area contributed by atoms with Gasteiger partial charge in [0.1, 0.15) is 0 Å². The molecular weight excluding hydrogens is 151 g/mol. The number of hydrogen-bond acceptors (Lipinski definition) is 2. The fraction of sp³-hybridized carbons (Fsp3) is 1.00. The largest absolute Gasteiger partial charge is 0.389 e. The molecule has 4 heteroatoms. The van der Waals surface area contributed by atoms with Gasteiger partial charge in [-0.05, 0) is 0 Å². The minimum Gasteiger partial charge on any atom is -0.389 e. The molecule has 0 unspecified atom stereocenters. The van der Waals surface area contributed by atoms with E-state index in [1.807, 2.05) is 0 Å². The van der Waals surface area contributed by atoms with Gasteiger partial charge in [0.05, 0.1) is 24.0 Å². The molecule has 0 fully saturated rings. The number of aliphatic hydroxyl groups is 2. The van der Waals surface area contributed by atoms with Gasteiger partial charge in [0, 0.05) is 0 Å². The molecule has 2 nitrogen and oxygen atoms in total. The van der Waals surface area contributed by atoms with Gasteiger partial charge in [0.2, 0.25) is 0 Å². The maximum Gasteiger partial charge on any atom is 0.0945 e. The zero-order chi connectivity index (χ0) is 6.57. The van der Waals surface area contributed by atoms with Crippen LogP contribution in [0, 0.1) is 0 Å². The Morgan fingerprint density at radius 1 is 1.00 bits per heavy atom. The van der Waals surface area contributed by atoms with Crippen LogP contribution in [0.25, 0.3) is 0 Å². The molecule has 0 heterocycles. The first-order valence-corrected chi connectivity index (χ1v) is 3.27. The fourth-order valence-electron chi connectivity index (χ4n) is 0.206. The molecule has 0 aliphatic rings. The lowest BCUT2D eigenvalue weighted by molar-refractivity contribution is 0.0483. The van der Waals surface area contributed by atoms with E-state index in [2.05, 4.69) is 0 Å². The Hall–Kier alpha value is 0.500. The molecule has 0 aliphatic carbocycles. The molecule has 0 spiro atoms. The topological polar surface area (TPSA) is 40.5 Å². The predicted molar refractivity (Wildman–Crippen MR) is 33.5 cm³/mol. The molecule has 0 radical (unpaired) electrons. The number of alkyl halides is 2. The molecule has 8 heavy (non-hydrogen) atoms. The molecular formula is C4H8Cl2O2. The van der Waals surface area contributed by atoms with Crippen LogP contribution >= 0.6 is 23.2 Å². The highest BCUT2D eigenvalue weighted by atomic mass is 35.5. The van der Waals surface area contributed by atoms with Crippen molar-refractivity contribution < 1.29 is 10.2 Å². The monoisotopic (exact) mass is 158 g/mol. The summed E-state index contributed by atoms with van der Waals surface area (Å²) in [6.07, 6.45) is -1.79. The van der Waals surface area contributed by atoms with Crippen molar-refractivity contribution in [3.63, 3.8) is 0 Å². The highest BCUT2D eigenvalue weighted by Crippen LogP contribution is 1.97. The van der Waals surface area contributed by atoms with Gasteiger partial charge in [0.15, 0.2) is 0 Å². The van der Waals surface area contributed by atoms with Crippen LogP contribution in [0.3, 0.4) is 0 Å². The minimum atomic E-state index is -0.894. The Labute approximate surface area is 58.0 Å². The van der Waals surface area contributed by atoms with Crippen molar-refractivity contribution in [2.45, 2.75) is 12.2 Å². The maximum absolute atomic E-state index is 8.66. The zero-order valence-corrected chi connectivity index (χ0v) is 5.73. The molecule has 0 saturated heterocycles. The molecule has 0 aromatic rings. The maximum atomic E-state index is 8.66. The summed E-state index contributed by atoms with van der Waals surface area (Å²) < 4.78 is 0. The first-order valence-electron chi connectivity index (χ1n) is 2.20. The molecule has 0 aromatic heterocycles. The minimum absolute atomic E-state index is 0.0217. The Morgan fingerprint density at radius 2 is 1.25 bits per heavy atom. The van der Waals surface area contributed by atoms with Crippen molar-refractivity contribution in [2.75, 3.05) is 11.8 Å². The Morgan fingerprint density at radius 3 is 1.38 bits per heavy atom. The Kier molecular flexibility index (Phi) is 4.66. The van der Waals surface area contributed by atoms with Gasteiger partial charge in [-0.3, -0.25) is 0 Å². The summed E-state index contributed by atoms with van der Waals surface area (Å²) in [6.45, 7) is 0. The van der Waals surface area contributed by atoms with Crippen LogP contribution in [0.15, 0.2) is 0 Å². The quantitative estimate of drug-likeness (QED) is 0.577. The second-order valence-electron chi connectivity index (χ2n) is 1.44. The molecule has 2 atom stereocenters. The first-order chi connectivity index (χ1) is 3.72. The predicted octanol–water partition coefficient (Wildman–Crippen LogP) is 0.186. The van der Waals surface area contributed by atoms with Crippen LogP contribution in [0.4, 0.5) is 0 Å². The Bertz CT molecular complexity index is 52.0. The van der Waals surface area contributed by atoms with E-state index in [0.717, 1.165) is 0 Å². The van der Waals surface area contributed by atoms with E-state index < -0.39 is 12.2 Å². The summed E-state index contributed by atoms with van der Waals surface area (Å²) in [5.74, 6) is 0.0434. The van der Waals surface area contributed by atoms with Crippen LogP contribution < -0.4 is 0 Å². The van der Waals surface area contributed by atoms with E-state index in [-0.39, 0.29) is 11.8 Å². The van der Waals surface area contributed by atoms with Gasteiger partial charge in [-0.1, -0.05) is 0 Å². The van der Waals surface area contributed by atoms with Crippen LogP contribution in [-0.2, 0) is 0 Å². The average Bonchev–Trinajstić information content (AvgIpc) is 1.84. The summed E-state index contributed by atoms with van der Waals surface area (Å²) in [5.41, 5.74) is 0. The zero-order valence-electron chi connectivity index (χ0n) is 4.22. The third kappa shape index (κ3) is 2.72. The van der Waals surface area contributed by atoms with Crippen molar-refractivity contribution in [3.05, 3.63) is 0 Å². The van der Waals surface area contributed by atoms with Crippen molar-refractivity contribution in [3.8, 4) is 0 Å². The second-order valence-corrected chi connectivity index (χ2v) is 2.06. The summed E-state index contributed by atoms with van der Waals surface area (Å²) in [6, 6.07) is 0. The van der Waals surface area contributed by atoms with Crippen LogP contribution in [0.2, 0.25) is 0 Å². The van der Waals surface area contributed by atoms with Gasteiger partial charge < -0.3 is 10.2 Å². The molecule has 50 valence electrons. The lowest BCUT2D eigenvalue weighted by atomic mass is 10.3. The van der Waals surface area contributed by atoms with Gasteiger partial charge >= 0.3 is 0 Å². The van der Waals surface area contributed by atoms with E-state index in [9.17, 15) is 0 Å². The normalized spacial score (nSPS) is 18.0. The fourth-order valence-corrected chi connectivity index (χ4v) is 0.617. The van der Waals surface area contributed by atoms with Gasteiger partial charge in [-0.15, -0.1) is 23.2 Å².